The summed E-state index contributed by atoms with van der Waals surface area (Å²) in [5.74, 6) is 0.0852. The van der Waals surface area contributed by atoms with Crippen molar-refractivity contribution in [2.24, 2.45) is 5.92 Å². The molecule has 1 heterocycles. The molecule has 3 N–H and O–H groups in total. The van der Waals surface area contributed by atoms with Crippen molar-refractivity contribution in [1.29, 1.82) is 0 Å². The molecule has 116 valence electrons. The van der Waals surface area contributed by atoms with E-state index in [1.165, 1.54) is 18.2 Å². The van der Waals surface area contributed by atoms with Crippen molar-refractivity contribution >= 4 is 21.4 Å². The average Bonchev–Trinajstić information content (AvgIpc) is 2.85. The number of carbonyl (C=O) groups excluding carboxylic acids is 1. The fraction of sp³-hybridized carbons (Fsp3) is 0.500. The Balaban J connectivity index is 2.22. The predicted molar refractivity (Wildman–Crippen MR) is 79.7 cm³/mol. The third-order valence-corrected chi connectivity index (χ3v) is 4.81. The van der Waals surface area contributed by atoms with E-state index in [-0.39, 0.29) is 23.1 Å². The van der Waals surface area contributed by atoms with Gasteiger partial charge in [-0.15, -0.1) is 0 Å². The van der Waals surface area contributed by atoms with Gasteiger partial charge in [-0.2, -0.15) is 0 Å². The number of sulfone groups is 1. The smallest absolute Gasteiger partial charge is 0.253 e. The lowest BCUT2D eigenvalue weighted by Crippen LogP contribution is -2.29. The Morgan fingerprint density at radius 3 is 2.76 bits per heavy atom. The molecule has 1 aromatic carbocycles. The fourth-order valence-corrected chi connectivity index (χ4v) is 3.27. The van der Waals surface area contributed by atoms with E-state index in [0.717, 1.165) is 12.7 Å². The maximum Gasteiger partial charge on any atom is 0.253 e. The van der Waals surface area contributed by atoms with Gasteiger partial charge in [-0.3, -0.25) is 4.79 Å². The van der Waals surface area contributed by atoms with Gasteiger partial charge in [0.1, 0.15) is 0 Å². The molecule has 1 aliphatic rings. The zero-order valence-corrected chi connectivity index (χ0v) is 12.8. The van der Waals surface area contributed by atoms with Crippen LogP contribution in [0.2, 0.25) is 0 Å². The van der Waals surface area contributed by atoms with Gasteiger partial charge in [0.05, 0.1) is 4.90 Å². The van der Waals surface area contributed by atoms with Crippen LogP contribution in [0.3, 0.4) is 0 Å². The van der Waals surface area contributed by atoms with E-state index >= 15 is 0 Å². The summed E-state index contributed by atoms with van der Waals surface area (Å²) in [7, 11) is -3.41. The fourth-order valence-electron chi connectivity index (χ4n) is 2.58. The molecule has 0 saturated carbocycles. The summed E-state index contributed by atoms with van der Waals surface area (Å²) in [6, 6.07) is 4.22. The van der Waals surface area contributed by atoms with Gasteiger partial charge in [0.15, 0.2) is 9.84 Å². The molecular weight excluding hydrogens is 292 g/mol. The van der Waals surface area contributed by atoms with E-state index in [1.54, 1.807) is 4.90 Å². The molecule has 0 aromatic heterocycles. The first-order chi connectivity index (χ1) is 9.81. The van der Waals surface area contributed by atoms with Crippen LogP contribution in [-0.4, -0.2) is 50.3 Å². The van der Waals surface area contributed by atoms with Gasteiger partial charge in [-0.25, -0.2) is 8.42 Å². The number of likely N-dealkylation sites (tertiary alicyclic amines) is 1. The van der Waals surface area contributed by atoms with Crippen molar-refractivity contribution in [2.75, 3.05) is 31.7 Å². The number of hydrogen-bond acceptors (Lipinski definition) is 5. The molecular formula is C14H20N2O4S. The molecule has 1 aliphatic heterocycles. The number of hydrogen-bond donors (Lipinski definition) is 2. The highest BCUT2D eigenvalue weighted by atomic mass is 32.2. The standard InChI is InChI=1S/C14H20N2O4S/c1-21(19,20)13-7-11(6-12(15)8-13)14(18)16-4-2-10(9-16)3-5-17/h6-8,10,17H,2-5,9,15H2,1H3. The minimum Gasteiger partial charge on any atom is -0.399 e. The molecule has 0 bridgehead atoms. The molecule has 1 amide bonds. The van der Waals surface area contributed by atoms with Crippen LogP contribution in [-0.2, 0) is 9.84 Å². The predicted octanol–water partition coefficient (Wildman–Crippen LogP) is 0.517. The summed E-state index contributed by atoms with van der Waals surface area (Å²) < 4.78 is 23.2. The minimum atomic E-state index is -3.41. The summed E-state index contributed by atoms with van der Waals surface area (Å²) in [5, 5.41) is 8.94. The number of rotatable bonds is 4. The molecule has 1 saturated heterocycles. The molecule has 7 heteroatoms. The van der Waals surface area contributed by atoms with Gasteiger partial charge >= 0.3 is 0 Å². The van der Waals surface area contributed by atoms with Crippen molar-refractivity contribution in [3.8, 4) is 0 Å². The Morgan fingerprint density at radius 2 is 2.14 bits per heavy atom. The first-order valence-electron chi connectivity index (χ1n) is 6.82. The second kappa shape index (κ2) is 6.03. The normalized spacial score (nSPS) is 19.0. The molecule has 1 aromatic rings. The molecule has 6 nitrogen and oxygen atoms in total. The van der Waals surface area contributed by atoms with Gasteiger partial charge < -0.3 is 15.7 Å². The van der Waals surface area contributed by atoms with Crippen LogP contribution in [0.15, 0.2) is 23.1 Å². The molecule has 1 atom stereocenters. The Hall–Kier alpha value is -1.60. The van der Waals surface area contributed by atoms with Crippen molar-refractivity contribution in [3.63, 3.8) is 0 Å². The number of nitrogens with zero attached hydrogens (tertiary/aromatic N) is 1. The monoisotopic (exact) mass is 312 g/mol. The molecule has 2 rings (SSSR count). The Bertz CT molecular complexity index is 642. The Kier molecular flexibility index (Phi) is 4.53. The number of nitrogens with two attached hydrogens (primary N) is 1. The van der Waals surface area contributed by atoms with Crippen LogP contribution in [0.4, 0.5) is 5.69 Å². The van der Waals surface area contributed by atoms with Gasteiger partial charge in [0.25, 0.3) is 5.91 Å². The highest BCUT2D eigenvalue weighted by molar-refractivity contribution is 7.90. The summed E-state index contributed by atoms with van der Waals surface area (Å²) in [6.45, 7) is 1.32. The van der Waals surface area contributed by atoms with E-state index in [1.807, 2.05) is 0 Å². The van der Waals surface area contributed by atoms with E-state index in [4.69, 9.17) is 10.8 Å². The number of aliphatic hydroxyl groups excluding tert-OH is 1. The molecule has 21 heavy (non-hydrogen) atoms. The number of aliphatic hydroxyl groups is 1. The summed E-state index contributed by atoms with van der Waals surface area (Å²) >= 11 is 0. The van der Waals surface area contributed by atoms with Gasteiger partial charge in [-0.05, 0) is 37.0 Å². The van der Waals surface area contributed by atoms with Crippen molar-refractivity contribution < 1.29 is 18.3 Å². The SMILES string of the molecule is CS(=O)(=O)c1cc(N)cc(C(=O)N2CCC(CCO)C2)c1. The van der Waals surface area contributed by atoms with Gasteiger partial charge in [0.2, 0.25) is 0 Å². The molecule has 1 fully saturated rings. The average molecular weight is 312 g/mol. The maximum absolute atomic E-state index is 12.4. The zero-order chi connectivity index (χ0) is 15.6. The van der Waals surface area contributed by atoms with Crippen molar-refractivity contribution in [1.82, 2.24) is 4.90 Å². The highest BCUT2D eigenvalue weighted by Crippen LogP contribution is 2.23. The van der Waals surface area contributed by atoms with Crippen LogP contribution in [0.25, 0.3) is 0 Å². The van der Waals surface area contributed by atoms with E-state index in [9.17, 15) is 13.2 Å². The van der Waals surface area contributed by atoms with E-state index in [2.05, 4.69) is 0 Å². The van der Waals surface area contributed by atoms with E-state index in [0.29, 0.717) is 31.0 Å². The largest absolute Gasteiger partial charge is 0.399 e. The third-order valence-electron chi connectivity index (χ3n) is 3.71. The molecule has 0 spiro atoms. The molecule has 0 aliphatic carbocycles. The molecule has 1 unspecified atom stereocenters. The Labute approximate surface area is 124 Å². The Morgan fingerprint density at radius 1 is 1.43 bits per heavy atom. The number of amides is 1. The van der Waals surface area contributed by atoms with Crippen LogP contribution >= 0.6 is 0 Å². The van der Waals surface area contributed by atoms with Crippen LogP contribution in [0.5, 0.6) is 0 Å². The van der Waals surface area contributed by atoms with Crippen LogP contribution < -0.4 is 5.73 Å². The van der Waals surface area contributed by atoms with Gasteiger partial charge in [0, 0.05) is 37.2 Å². The number of nitrogen functional groups attached to an aromatic ring is 1. The van der Waals surface area contributed by atoms with Crippen molar-refractivity contribution in [2.45, 2.75) is 17.7 Å². The number of carbonyl (C=O) groups is 1. The first kappa shape index (κ1) is 15.8. The lowest BCUT2D eigenvalue weighted by molar-refractivity contribution is 0.0784. The van der Waals surface area contributed by atoms with Gasteiger partial charge in [-0.1, -0.05) is 0 Å². The second-order valence-electron chi connectivity index (χ2n) is 5.48. The number of anilines is 1. The maximum atomic E-state index is 12.4. The zero-order valence-electron chi connectivity index (χ0n) is 11.9. The van der Waals surface area contributed by atoms with Crippen LogP contribution in [0.1, 0.15) is 23.2 Å². The lowest BCUT2D eigenvalue weighted by Gasteiger charge is -2.17. The molecule has 0 radical (unpaired) electrons. The highest BCUT2D eigenvalue weighted by Gasteiger charge is 2.27. The topological polar surface area (TPSA) is 101 Å². The quantitative estimate of drug-likeness (QED) is 0.789. The number of benzene rings is 1. The summed E-state index contributed by atoms with van der Waals surface area (Å²) in [6.07, 6.45) is 2.62. The lowest BCUT2D eigenvalue weighted by atomic mass is 10.1. The summed E-state index contributed by atoms with van der Waals surface area (Å²) in [5.41, 5.74) is 6.25. The summed E-state index contributed by atoms with van der Waals surface area (Å²) in [4.78, 5) is 14.2. The van der Waals surface area contributed by atoms with Crippen molar-refractivity contribution in [3.05, 3.63) is 23.8 Å². The van der Waals surface area contributed by atoms with E-state index < -0.39 is 9.84 Å². The minimum absolute atomic E-state index is 0.0527. The third kappa shape index (κ3) is 3.74. The first-order valence-corrected chi connectivity index (χ1v) is 8.71. The second-order valence-corrected chi connectivity index (χ2v) is 7.50. The van der Waals surface area contributed by atoms with Crippen LogP contribution in [0, 0.1) is 5.92 Å².